The fraction of sp³-hybridized carbons (Fsp3) is 0.619. The van der Waals surface area contributed by atoms with Crippen molar-refractivity contribution in [2.75, 3.05) is 14.2 Å². The lowest BCUT2D eigenvalue weighted by molar-refractivity contribution is -0.127. The highest BCUT2D eigenvalue weighted by atomic mass is 16.5. The first-order chi connectivity index (χ1) is 13.0. The number of carbonyl (C=O) groups is 2. The van der Waals surface area contributed by atoms with Crippen molar-refractivity contribution in [3.05, 3.63) is 23.8 Å². The molecule has 2 N–H and O–H groups in total. The third-order valence-electron chi connectivity index (χ3n) is 5.91. The minimum Gasteiger partial charge on any atom is -0.497 e. The molecule has 2 aliphatic rings. The van der Waals surface area contributed by atoms with Crippen molar-refractivity contribution in [1.82, 2.24) is 10.6 Å². The Labute approximate surface area is 161 Å². The van der Waals surface area contributed by atoms with Gasteiger partial charge in [0.05, 0.1) is 14.2 Å². The quantitative estimate of drug-likeness (QED) is 0.803. The van der Waals surface area contributed by atoms with E-state index in [4.69, 9.17) is 9.47 Å². The fourth-order valence-electron chi connectivity index (χ4n) is 4.60. The molecule has 4 unspecified atom stereocenters. The maximum Gasteiger partial charge on any atom is 0.251 e. The monoisotopic (exact) mass is 374 g/mol. The number of carbonyl (C=O) groups excluding carboxylic acids is 2. The summed E-state index contributed by atoms with van der Waals surface area (Å²) in [5, 5.41) is 6.29. The van der Waals surface area contributed by atoms with Crippen LogP contribution in [0, 0.1) is 11.8 Å². The number of nitrogens with one attached hydrogen (secondary N) is 2. The Morgan fingerprint density at radius 3 is 2.52 bits per heavy atom. The standard InChI is InChI=1S/C21H30N2O4/c1-4-5-13-10-20(24)23-19-11-15(6-7-18(13)19)22-21(25)14-8-16(26-2)12-17(9-14)27-3/h8-9,12-13,15,18-19H,4-7,10-11H2,1-3H3,(H,22,25)(H,23,24). The Kier molecular flexibility index (Phi) is 6.24. The van der Waals surface area contributed by atoms with Gasteiger partial charge in [-0.05, 0) is 49.7 Å². The van der Waals surface area contributed by atoms with E-state index in [1.54, 1.807) is 32.4 Å². The van der Waals surface area contributed by atoms with Gasteiger partial charge in [0.1, 0.15) is 11.5 Å². The largest absolute Gasteiger partial charge is 0.497 e. The van der Waals surface area contributed by atoms with Crippen molar-refractivity contribution in [2.24, 2.45) is 11.8 Å². The van der Waals surface area contributed by atoms with Crippen molar-refractivity contribution < 1.29 is 19.1 Å². The zero-order valence-electron chi connectivity index (χ0n) is 16.4. The second kappa shape index (κ2) is 8.63. The summed E-state index contributed by atoms with van der Waals surface area (Å²) < 4.78 is 10.5. The maximum atomic E-state index is 12.7. The van der Waals surface area contributed by atoms with Gasteiger partial charge in [-0.25, -0.2) is 0 Å². The van der Waals surface area contributed by atoms with Crippen LogP contribution in [0.3, 0.4) is 0 Å². The minimum atomic E-state index is -0.136. The number of amides is 2. The molecule has 1 heterocycles. The molecule has 1 aromatic carbocycles. The van der Waals surface area contributed by atoms with E-state index in [1.165, 1.54) is 0 Å². The molecule has 27 heavy (non-hydrogen) atoms. The summed E-state index contributed by atoms with van der Waals surface area (Å²) in [4.78, 5) is 24.8. The lowest BCUT2D eigenvalue weighted by atomic mass is 9.70. The van der Waals surface area contributed by atoms with E-state index < -0.39 is 0 Å². The van der Waals surface area contributed by atoms with Gasteiger partial charge in [-0.1, -0.05) is 13.3 Å². The summed E-state index contributed by atoms with van der Waals surface area (Å²) in [5.41, 5.74) is 0.518. The molecular formula is C21H30N2O4. The Morgan fingerprint density at radius 1 is 1.19 bits per heavy atom. The highest BCUT2D eigenvalue weighted by Gasteiger charge is 2.40. The van der Waals surface area contributed by atoms with Crippen LogP contribution in [0.5, 0.6) is 11.5 Å². The molecule has 0 aromatic heterocycles. The van der Waals surface area contributed by atoms with Crippen LogP contribution in [0.1, 0.15) is 55.8 Å². The molecule has 2 fully saturated rings. The molecule has 2 amide bonds. The zero-order valence-corrected chi connectivity index (χ0v) is 16.4. The number of ether oxygens (including phenoxy) is 2. The van der Waals surface area contributed by atoms with Crippen molar-refractivity contribution in [3.8, 4) is 11.5 Å². The number of hydrogen-bond acceptors (Lipinski definition) is 4. The highest BCUT2D eigenvalue weighted by Crippen LogP contribution is 2.37. The molecule has 4 atom stereocenters. The van der Waals surface area contributed by atoms with E-state index in [-0.39, 0.29) is 23.9 Å². The van der Waals surface area contributed by atoms with Gasteiger partial charge in [0, 0.05) is 30.1 Å². The zero-order chi connectivity index (χ0) is 19.4. The van der Waals surface area contributed by atoms with Gasteiger partial charge < -0.3 is 20.1 Å². The van der Waals surface area contributed by atoms with Gasteiger partial charge in [0.15, 0.2) is 0 Å². The third-order valence-corrected chi connectivity index (χ3v) is 5.91. The molecule has 1 aliphatic heterocycles. The van der Waals surface area contributed by atoms with Crippen molar-refractivity contribution >= 4 is 11.8 Å². The topological polar surface area (TPSA) is 76.7 Å². The first-order valence-electron chi connectivity index (χ1n) is 9.87. The number of hydrogen-bond donors (Lipinski definition) is 2. The lowest BCUT2D eigenvalue weighted by Crippen LogP contribution is -2.55. The molecule has 1 aromatic rings. The van der Waals surface area contributed by atoms with Crippen LogP contribution >= 0.6 is 0 Å². The van der Waals surface area contributed by atoms with Gasteiger partial charge in [-0.15, -0.1) is 0 Å². The molecule has 1 aliphatic carbocycles. The maximum absolute atomic E-state index is 12.7. The van der Waals surface area contributed by atoms with Crippen LogP contribution in [0.4, 0.5) is 0 Å². The average molecular weight is 374 g/mol. The Balaban J connectivity index is 1.65. The van der Waals surface area contributed by atoms with Crippen molar-refractivity contribution in [3.63, 3.8) is 0 Å². The Morgan fingerprint density at radius 2 is 1.89 bits per heavy atom. The normalized spacial score (nSPS) is 27.3. The summed E-state index contributed by atoms with van der Waals surface area (Å²) in [5.74, 6) is 2.21. The van der Waals surface area contributed by atoms with E-state index in [2.05, 4.69) is 17.6 Å². The highest BCUT2D eigenvalue weighted by molar-refractivity contribution is 5.95. The van der Waals surface area contributed by atoms with Crippen LogP contribution in [0.15, 0.2) is 18.2 Å². The van der Waals surface area contributed by atoms with Crippen molar-refractivity contribution in [2.45, 2.75) is 57.5 Å². The van der Waals surface area contributed by atoms with E-state index in [0.717, 1.165) is 32.1 Å². The molecular weight excluding hydrogens is 344 g/mol. The summed E-state index contributed by atoms with van der Waals surface area (Å²) in [7, 11) is 3.13. The smallest absolute Gasteiger partial charge is 0.251 e. The molecule has 1 saturated carbocycles. The number of piperidine rings is 1. The molecule has 148 valence electrons. The predicted octanol–water partition coefficient (Wildman–Crippen LogP) is 2.91. The molecule has 0 spiro atoms. The van der Waals surface area contributed by atoms with Gasteiger partial charge in [-0.3, -0.25) is 9.59 Å². The second-order valence-corrected chi connectivity index (χ2v) is 7.68. The van der Waals surface area contributed by atoms with E-state index in [9.17, 15) is 9.59 Å². The van der Waals surface area contributed by atoms with Crippen LogP contribution in [0.2, 0.25) is 0 Å². The molecule has 6 heteroatoms. The first kappa shape index (κ1) is 19.5. The predicted molar refractivity (Wildman–Crippen MR) is 103 cm³/mol. The van der Waals surface area contributed by atoms with Gasteiger partial charge in [0.25, 0.3) is 5.91 Å². The van der Waals surface area contributed by atoms with Crippen molar-refractivity contribution in [1.29, 1.82) is 0 Å². The summed E-state index contributed by atoms with van der Waals surface area (Å²) in [6, 6.07) is 5.40. The summed E-state index contributed by atoms with van der Waals surface area (Å²) >= 11 is 0. The Hall–Kier alpha value is -2.24. The van der Waals surface area contributed by atoms with E-state index in [1.807, 2.05) is 0 Å². The lowest BCUT2D eigenvalue weighted by Gasteiger charge is -2.44. The van der Waals surface area contributed by atoms with Crippen LogP contribution in [-0.2, 0) is 4.79 Å². The average Bonchev–Trinajstić information content (AvgIpc) is 2.67. The van der Waals surface area contributed by atoms with Crippen LogP contribution in [0.25, 0.3) is 0 Å². The number of fused-ring (bicyclic) bond motifs is 1. The molecule has 0 bridgehead atoms. The van der Waals surface area contributed by atoms with Gasteiger partial charge >= 0.3 is 0 Å². The fourth-order valence-corrected chi connectivity index (χ4v) is 4.60. The third kappa shape index (κ3) is 4.54. The van der Waals surface area contributed by atoms with Gasteiger partial charge in [-0.2, -0.15) is 0 Å². The molecule has 3 rings (SSSR count). The Bertz CT molecular complexity index is 669. The van der Waals surface area contributed by atoms with Crippen LogP contribution in [-0.4, -0.2) is 38.1 Å². The SMILES string of the molecule is CCCC1CC(=O)NC2CC(NC(=O)c3cc(OC)cc(OC)c3)CCC12. The molecule has 6 nitrogen and oxygen atoms in total. The minimum absolute atomic E-state index is 0.0663. The molecule has 0 radical (unpaired) electrons. The first-order valence-corrected chi connectivity index (χ1v) is 9.87. The summed E-state index contributed by atoms with van der Waals surface area (Å²) in [6.07, 6.45) is 5.65. The van der Waals surface area contributed by atoms with Crippen LogP contribution < -0.4 is 20.1 Å². The van der Waals surface area contributed by atoms with E-state index in [0.29, 0.717) is 35.3 Å². The molecule has 1 saturated heterocycles. The number of methoxy groups -OCH3 is 2. The summed E-state index contributed by atoms with van der Waals surface area (Å²) in [6.45, 7) is 2.18. The van der Waals surface area contributed by atoms with Gasteiger partial charge in [0.2, 0.25) is 5.91 Å². The van der Waals surface area contributed by atoms with E-state index >= 15 is 0 Å². The number of benzene rings is 1. The number of rotatable bonds is 6. The second-order valence-electron chi connectivity index (χ2n) is 7.68.